The molecule has 1 aromatic carbocycles. The first-order valence-corrected chi connectivity index (χ1v) is 10.8. The number of hydrogen-bond donors (Lipinski definition) is 1. The summed E-state index contributed by atoms with van der Waals surface area (Å²) in [5.74, 6) is 0.244. The monoisotopic (exact) mass is 385 g/mol. The maximum absolute atomic E-state index is 12.8. The van der Waals surface area contributed by atoms with Crippen molar-refractivity contribution in [2.75, 3.05) is 18.4 Å². The molecule has 3 rings (SSSR count). The quantitative estimate of drug-likeness (QED) is 0.775. The van der Waals surface area contributed by atoms with Gasteiger partial charge in [-0.1, -0.05) is 12.1 Å². The molecular weight excluding hydrogens is 350 g/mol. The van der Waals surface area contributed by atoms with Crippen LogP contribution in [0.2, 0.25) is 0 Å². The molecule has 1 aliphatic carbocycles. The molecule has 0 spiro atoms. The number of likely N-dealkylation sites (tertiary alicyclic amines) is 1. The Bertz CT molecular complexity index is 704. The molecule has 28 heavy (non-hydrogen) atoms. The van der Waals surface area contributed by atoms with Gasteiger partial charge < -0.3 is 10.2 Å². The summed E-state index contributed by atoms with van der Waals surface area (Å²) in [6.45, 7) is 9.37. The van der Waals surface area contributed by atoms with Crippen LogP contribution >= 0.6 is 0 Å². The molecule has 0 radical (unpaired) electrons. The molecule has 2 aliphatic rings. The molecule has 5 nitrogen and oxygen atoms in total. The van der Waals surface area contributed by atoms with E-state index in [1.54, 1.807) is 0 Å². The number of hydrogen-bond acceptors (Lipinski definition) is 3. The van der Waals surface area contributed by atoms with Crippen LogP contribution in [0.4, 0.5) is 5.69 Å². The number of carbonyl (C=O) groups is 2. The molecule has 1 aliphatic heterocycles. The van der Waals surface area contributed by atoms with Crippen LogP contribution in [0, 0.1) is 13.8 Å². The summed E-state index contributed by atoms with van der Waals surface area (Å²) in [4.78, 5) is 29.7. The molecule has 154 valence electrons. The van der Waals surface area contributed by atoms with Gasteiger partial charge in [0.05, 0.1) is 6.54 Å². The Morgan fingerprint density at radius 1 is 1.11 bits per heavy atom. The van der Waals surface area contributed by atoms with Crippen molar-refractivity contribution in [2.45, 2.75) is 84.3 Å². The second-order valence-electron chi connectivity index (χ2n) is 8.75. The highest BCUT2D eigenvalue weighted by atomic mass is 16.2. The van der Waals surface area contributed by atoms with Gasteiger partial charge in [-0.3, -0.25) is 14.5 Å². The van der Waals surface area contributed by atoms with E-state index in [2.05, 4.69) is 35.0 Å². The number of amides is 2. The fourth-order valence-corrected chi connectivity index (χ4v) is 4.36. The van der Waals surface area contributed by atoms with Crippen molar-refractivity contribution in [1.82, 2.24) is 9.80 Å². The molecule has 0 bridgehead atoms. The number of nitrogens with one attached hydrogen (secondary N) is 1. The first kappa shape index (κ1) is 20.8. The third kappa shape index (κ3) is 5.34. The third-order valence-electron chi connectivity index (χ3n) is 6.17. The van der Waals surface area contributed by atoms with Crippen LogP contribution in [0.1, 0.15) is 63.5 Å². The smallest absolute Gasteiger partial charge is 0.238 e. The average Bonchev–Trinajstić information content (AvgIpc) is 3.46. The summed E-state index contributed by atoms with van der Waals surface area (Å²) >= 11 is 0. The van der Waals surface area contributed by atoms with Gasteiger partial charge in [-0.05, 0) is 77.0 Å². The van der Waals surface area contributed by atoms with Gasteiger partial charge in [-0.25, -0.2) is 0 Å². The van der Waals surface area contributed by atoms with Gasteiger partial charge in [0.2, 0.25) is 11.8 Å². The van der Waals surface area contributed by atoms with Gasteiger partial charge in [0.25, 0.3) is 0 Å². The van der Waals surface area contributed by atoms with Gasteiger partial charge in [0.15, 0.2) is 0 Å². The number of carbonyl (C=O) groups excluding carboxylic acids is 2. The fraction of sp³-hybridized carbons (Fsp3) is 0.652. The van der Waals surface area contributed by atoms with Crippen LogP contribution in [-0.4, -0.2) is 52.8 Å². The fourth-order valence-electron chi connectivity index (χ4n) is 4.36. The maximum Gasteiger partial charge on any atom is 0.238 e. The van der Waals surface area contributed by atoms with Crippen molar-refractivity contribution in [1.29, 1.82) is 0 Å². The lowest BCUT2D eigenvalue weighted by atomic mass is 9.97. The van der Waals surface area contributed by atoms with Crippen molar-refractivity contribution < 1.29 is 9.59 Å². The highest BCUT2D eigenvalue weighted by Crippen LogP contribution is 2.28. The molecule has 5 heteroatoms. The Hall–Kier alpha value is -1.88. The van der Waals surface area contributed by atoms with E-state index >= 15 is 0 Å². The molecule has 1 N–H and O–H groups in total. The lowest BCUT2D eigenvalue weighted by Gasteiger charge is -2.39. The summed E-state index contributed by atoms with van der Waals surface area (Å²) in [5, 5.41) is 3.05. The highest BCUT2D eigenvalue weighted by Gasteiger charge is 2.33. The van der Waals surface area contributed by atoms with Gasteiger partial charge in [0.1, 0.15) is 0 Å². The predicted octanol–water partition coefficient (Wildman–Crippen LogP) is 3.89. The molecular formula is C23H35N3O2. The summed E-state index contributed by atoms with van der Waals surface area (Å²) in [6, 6.07) is 7.21. The number of benzene rings is 1. The molecule has 1 saturated carbocycles. The van der Waals surface area contributed by atoms with Crippen LogP contribution in [0.15, 0.2) is 18.2 Å². The minimum absolute atomic E-state index is 0.00718. The van der Waals surface area contributed by atoms with Gasteiger partial charge >= 0.3 is 0 Å². The number of anilines is 1. The normalized spacial score (nSPS) is 22.4. The Labute approximate surface area is 169 Å². The first-order chi connectivity index (χ1) is 13.3. The van der Waals surface area contributed by atoms with Gasteiger partial charge in [0, 0.05) is 36.8 Å². The number of piperidine rings is 1. The molecule has 1 aromatic rings. The number of nitrogens with zero attached hydrogens (tertiary/aromatic N) is 2. The van der Waals surface area contributed by atoms with Crippen LogP contribution in [0.5, 0.6) is 0 Å². The maximum atomic E-state index is 12.8. The van der Waals surface area contributed by atoms with E-state index in [4.69, 9.17) is 0 Å². The minimum atomic E-state index is 0.00718. The predicted molar refractivity (Wildman–Crippen MR) is 113 cm³/mol. The van der Waals surface area contributed by atoms with Crippen LogP contribution in [0.3, 0.4) is 0 Å². The Balaban J connectivity index is 1.54. The first-order valence-electron chi connectivity index (χ1n) is 10.8. The van der Waals surface area contributed by atoms with Gasteiger partial charge in [-0.2, -0.15) is 0 Å². The van der Waals surface area contributed by atoms with E-state index in [1.807, 2.05) is 26.0 Å². The molecule has 1 heterocycles. The van der Waals surface area contributed by atoms with E-state index in [9.17, 15) is 9.59 Å². The lowest BCUT2D eigenvalue weighted by Crippen LogP contribution is -2.48. The molecule has 1 saturated heterocycles. The second kappa shape index (κ2) is 9.08. The summed E-state index contributed by atoms with van der Waals surface area (Å²) in [5.41, 5.74) is 3.09. The number of aryl methyl sites for hydroxylation is 2. The number of rotatable bonds is 7. The Morgan fingerprint density at radius 3 is 2.43 bits per heavy atom. The minimum Gasteiger partial charge on any atom is -0.337 e. The summed E-state index contributed by atoms with van der Waals surface area (Å²) in [7, 11) is 0. The topological polar surface area (TPSA) is 52.7 Å². The van der Waals surface area contributed by atoms with E-state index in [0.717, 1.165) is 42.5 Å². The third-order valence-corrected chi connectivity index (χ3v) is 6.17. The van der Waals surface area contributed by atoms with E-state index in [1.165, 1.54) is 6.42 Å². The zero-order valence-electron chi connectivity index (χ0n) is 17.8. The van der Waals surface area contributed by atoms with Crippen LogP contribution in [0.25, 0.3) is 0 Å². The van der Waals surface area contributed by atoms with Crippen molar-refractivity contribution in [3.05, 3.63) is 29.3 Å². The molecule has 2 fully saturated rings. The largest absolute Gasteiger partial charge is 0.337 e. The van der Waals surface area contributed by atoms with E-state index in [0.29, 0.717) is 37.6 Å². The zero-order chi connectivity index (χ0) is 20.3. The molecule has 2 atom stereocenters. The summed E-state index contributed by atoms with van der Waals surface area (Å²) in [6.07, 6.45) is 6.16. The highest BCUT2D eigenvalue weighted by molar-refractivity contribution is 5.93. The zero-order valence-corrected chi connectivity index (χ0v) is 17.8. The van der Waals surface area contributed by atoms with Gasteiger partial charge in [-0.15, -0.1) is 0 Å². The summed E-state index contributed by atoms with van der Waals surface area (Å²) < 4.78 is 0. The van der Waals surface area contributed by atoms with E-state index < -0.39 is 0 Å². The van der Waals surface area contributed by atoms with Crippen molar-refractivity contribution in [2.24, 2.45) is 0 Å². The Morgan fingerprint density at radius 2 is 1.79 bits per heavy atom. The molecule has 2 amide bonds. The van der Waals surface area contributed by atoms with Crippen LogP contribution < -0.4 is 5.32 Å². The average molecular weight is 386 g/mol. The second-order valence-corrected chi connectivity index (χ2v) is 8.75. The lowest BCUT2D eigenvalue weighted by molar-refractivity contribution is -0.138. The molecule has 0 aromatic heterocycles. The van der Waals surface area contributed by atoms with Crippen molar-refractivity contribution in [3.8, 4) is 0 Å². The van der Waals surface area contributed by atoms with Crippen molar-refractivity contribution >= 4 is 17.5 Å². The standard InChI is InChI=1S/C23H35N3O2/c1-16-8-9-17(2)21(14-16)24-22(27)15-25(20-10-11-20)13-12-23(28)26-18(3)6-5-7-19(26)4/h8-9,14,18-20H,5-7,10-13,15H2,1-4H3,(H,24,27). The van der Waals surface area contributed by atoms with E-state index in [-0.39, 0.29) is 11.8 Å². The van der Waals surface area contributed by atoms with Crippen molar-refractivity contribution in [3.63, 3.8) is 0 Å². The van der Waals surface area contributed by atoms with Crippen LogP contribution in [-0.2, 0) is 9.59 Å². The SMILES string of the molecule is Cc1ccc(C)c(NC(=O)CN(CCC(=O)N2C(C)CCCC2C)C2CC2)c1. The molecule has 2 unspecified atom stereocenters. The Kier molecular flexibility index (Phi) is 6.76.